The van der Waals surface area contributed by atoms with Gasteiger partial charge in [-0.05, 0) is 18.2 Å². The normalized spacial score (nSPS) is 15.2. The number of nitrogens with zero attached hydrogens (tertiary/aromatic N) is 2. The van der Waals surface area contributed by atoms with Gasteiger partial charge in [0.1, 0.15) is 18.4 Å². The fraction of sp³-hybridized carbons (Fsp3) is 0.188. The summed E-state index contributed by atoms with van der Waals surface area (Å²) in [5.41, 5.74) is 0.971. The molecule has 1 heterocycles. The summed E-state index contributed by atoms with van der Waals surface area (Å²) in [4.78, 5) is 0.0388. The van der Waals surface area contributed by atoms with Gasteiger partial charge >= 0.3 is 0 Å². The maximum atomic E-state index is 12.8. The van der Waals surface area contributed by atoms with Crippen LogP contribution in [0.2, 0.25) is 0 Å². The highest BCUT2D eigenvalue weighted by Crippen LogP contribution is 2.27. The van der Waals surface area contributed by atoms with E-state index in [4.69, 9.17) is 10.00 Å². The maximum Gasteiger partial charge on any atom is 0.244 e. The molecule has 0 aromatic heterocycles. The van der Waals surface area contributed by atoms with Gasteiger partial charge in [0.25, 0.3) is 0 Å². The fourth-order valence-electron chi connectivity index (χ4n) is 2.43. The van der Waals surface area contributed by atoms with Gasteiger partial charge in [0, 0.05) is 18.7 Å². The smallest absolute Gasteiger partial charge is 0.244 e. The summed E-state index contributed by atoms with van der Waals surface area (Å²) in [7, 11) is -3.74. The van der Waals surface area contributed by atoms with Crippen molar-refractivity contribution in [2.45, 2.75) is 11.4 Å². The molecule has 2 aromatic carbocycles. The molecule has 0 bridgehead atoms. The molecular weight excluding hydrogens is 300 g/mol. The average Bonchev–Trinajstić information content (AvgIpc) is 2.77. The van der Waals surface area contributed by atoms with Gasteiger partial charge in [-0.15, -0.1) is 0 Å². The number of rotatable bonds is 2. The van der Waals surface area contributed by atoms with Crippen LogP contribution in [0.3, 0.4) is 0 Å². The van der Waals surface area contributed by atoms with E-state index in [1.54, 1.807) is 12.1 Å². The minimum absolute atomic E-state index is 0.0388. The molecule has 1 aliphatic heterocycles. The summed E-state index contributed by atoms with van der Waals surface area (Å²) in [5, 5.41) is 9.14. The highest BCUT2D eigenvalue weighted by Gasteiger charge is 2.29. The van der Waals surface area contributed by atoms with Crippen molar-refractivity contribution in [2.24, 2.45) is 0 Å². The predicted octanol–water partition coefficient (Wildman–Crippen LogP) is 2.14. The van der Waals surface area contributed by atoms with Gasteiger partial charge in [0.05, 0.1) is 10.5 Å². The van der Waals surface area contributed by atoms with Crippen molar-refractivity contribution >= 4 is 10.0 Å². The monoisotopic (exact) mass is 314 g/mol. The number of nitriles is 1. The molecule has 0 spiro atoms. The largest absolute Gasteiger partial charge is 0.492 e. The van der Waals surface area contributed by atoms with Crippen molar-refractivity contribution < 1.29 is 13.2 Å². The number of benzene rings is 2. The molecule has 0 fully saturated rings. The summed E-state index contributed by atoms with van der Waals surface area (Å²) in [5.74, 6) is 0.703. The molecule has 1 aliphatic rings. The first-order chi connectivity index (χ1) is 10.6. The number of ether oxygens (including phenoxy) is 1. The van der Waals surface area contributed by atoms with Crippen LogP contribution < -0.4 is 4.74 Å². The Labute approximate surface area is 129 Å². The second-order valence-electron chi connectivity index (χ2n) is 4.90. The number of para-hydroxylation sites is 1. The standard InChI is InChI=1S/C16H14N2O3S/c17-11-13-5-2-4-8-16(13)22(19,20)18-9-10-21-15-7-3-1-6-14(15)12-18/h1-8H,9-10,12H2. The van der Waals surface area contributed by atoms with Gasteiger partial charge in [-0.3, -0.25) is 0 Å². The van der Waals surface area contributed by atoms with E-state index < -0.39 is 10.0 Å². The van der Waals surface area contributed by atoms with Crippen LogP contribution in [0, 0.1) is 11.3 Å². The van der Waals surface area contributed by atoms with E-state index in [9.17, 15) is 8.42 Å². The topological polar surface area (TPSA) is 70.4 Å². The lowest BCUT2D eigenvalue weighted by molar-refractivity contribution is 0.293. The lowest BCUT2D eigenvalue weighted by atomic mass is 10.2. The van der Waals surface area contributed by atoms with Gasteiger partial charge in [0.15, 0.2) is 0 Å². The third-order valence-corrected chi connectivity index (χ3v) is 5.45. The van der Waals surface area contributed by atoms with Crippen LogP contribution >= 0.6 is 0 Å². The Kier molecular flexibility index (Phi) is 3.84. The van der Waals surface area contributed by atoms with Crippen molar-refractivity contribution in [1.29, 1.82) is 5.26 Å². The Hall–Kier alpha value is -2.36. The first-order valence-corrected chi connectivity index (χ1v) is 8.27. The molecule has 0 saturated heterocycles. The maximum absolute atomic E-state index is 12.8. The van der Waals surface area contributed by atoms with E-state index >= 15 is 0 Å². The number of sulfonamides is 1. The van der Waals surface area contributed by atoms with Crippen molar-refractivity contribution in [3.05, 3.63) is 59.7 Å². The van der Waals surface area contributed by atoms with Crippen LogP contribution in [0.25, 0.3) is 0 Å². The van der Waals surface area contributed by atoms with E-state index in [-0.39, 0.29) is 30.2 Å². The van der Waals surface area contributed by atoms with E-state index in [0.29, 0.717) is 5.75 Å². The second kappa shape index (κ2) is 5.79. The highest BCUT2D eigenvalue weighted by molar-refractivity contribution is 7.89. The van der Waals surface area contributed by atoms with Crippen LogP contribution in [-0.2, 0) is 16.6 Å². The van der Waals surface area contributed by atoms with Gasteiger partial charge in [-0.2, -0.15) is 9.57 Å². The molecule has 6 heteroatoms. The molecule has 0 saturated carbocycles. The van der Waals surface area contributed by atoms with Gasteiger partial charge in [0.2, 0.25) is 10.0 Å². The van der Waals surface area contributed by atoms with Gasteiger partial charge in [-0.25, -0.2) is 8.42 Å². The Morgan fingerprint density at radius 1 is 1.09 bits per heavy atom. The van der Waals surface area contributed by atoms with Crippen molar-refractivity contribution in [1.82, 2.24) is 4.31 Å². The summed E-state index contributed by atoms with van der Waals surface area (Å²) >= 11 is 0. The fourth-order valence-corrected chi connectivity index (χ4v) is 3.97. The first-order valence-electron chi connectivity index (χ1n) is 6.83. The molecule has 5 nitrogen and oxygen atoms in total. The van der Waals surface area contributed by atoms with Crippen LogP contribution in [-0.4, -0.2) is 25.9 Å². The van der Waals surface area contributed by atoms with Crippen molar-refractivity contribution in [3.8, 4) is 11.8 Å². The molecule has 0 unspecified atom stereocenters. The third-order valence-electron chi connectivity index (χ3n) is 3.54. The van der Waals surface area contributed by atoms with Crippen molar-refractivity contribution in [3.63, 3.8) is 0 Å². The molecule has 0 radical (unpaired) electrons. The predicted molar refractivity (Wildman–Crippen MR) is 80.7 cm³/mol. The molecule has 0 N–H and O–H groups in total. The molecule has 0 amide bonds. The molecule has 112 valence electrons. The quantitative estimate of drug-likeness (QED) is 0.851. The van der Waals surface area contributed by atoms with Crippen LogP contribution in [0.5, 0.6) is 5.75 Å². The first kappa shape index (κ1) is 14.6. The molecule has 22 heavy (non-hydrogen) atoms. The van der Waals surface area contributed by atoms with E-state index in [0.717, 1.165) is 5.56 Å². The van der Waals surface area contributed by atoms with E-state index in [2.05, 4.69) is 0 Å². The minimum Gasteiger partial charge on any atom is -0.492 e. The zero-order valence-electron chi connectivity index (χ0n) is 11.8. The van der Waals surface area contributed by atoms with E-state index in [1.807, 2.05) is 30.3 Å². The molecule has 0 aliphatic carbocycles. The summed E-state index contributed by atoms with van der Waals surface area (Å²) in [6, 6.07) is 15.6. The van der Waals surface area contributed by atoms with Crippen LogP contribution in [0.15, 0.2) is 53.4 Å². The SMILES string of the molecule is N#Cc1ccccc1S(=O)(=O)N1CCOc2ccccc2C1. The minimum atomic E-state index is -3.74. The highest BCUT2D eigenvalue weighted by atomic mass is 32.2. The molecular formula is C16H14N2O3S. The number of hydrogen-bond acceptors (Lipinski definition) is 4. The Morgan fingerprint density at radius 3 is 2.64 bits per heavy atom. The van der Waals surface area contributed by atoms with Gasteiger partial charge in [-0.1, -0.05) is 30.3 Å². The zero-order valence-corrected chi connectivity index (χ0v) is 12.6. The van der Waals surface area contributed by atoms with Crippen molar-refractivity contribution in [2.75, 3.05) is 13.2 Å². The summed E-state index contributed by atoms with van der Waals surface area (Å²) < 4.78 is 32.6. The lowest BCUT2D eigenvalue weighted by Crippen LogP contribution is -2.33. The lowest BCUT2D eigenvalue weighted by Gasteiger charge is -2.20. The number of fused-ring (bicyclic) bond motifs is 1. The van der Waals surface area contributed by atoms with Crippen LogP contribution in [0.1, 0.15) is 11.1 Å². The average molecular weight is 314 g/mol. The van der Waals surface area contributed by atoms with Gasteiger partial charge < -0.3 is 4.74 Å². The summed E-state index contributed by atoms with van der Waals surface area (Å²) in [6.07, 6.45) is 0. The second-order valence-corrected chi connectivity index (χ2v) is 6.81. The third kappa shape index (κ3) is 2.56. The molecule has 2 aromatic rings. The molecule has 0 atom stereocenters. The Bertz CT molecular complexity index is 840. The Morgan fingerprint density at radius 2 is 1.82 bits per heavy atom. The van der Waals surface area contributed by atoms with Crippen LogP contribution in [0.4, 0.5) is 0 Å². The molecule has 3 rings (SSSR count). The summed E-state index contributed by atoms with van der Waals surface area (Å²) in [6.45, 7) is 0.764. The van der Waals surface area contributed by atoms with E-state index in [1.165, 1.54) is 16.4 Å². The zero-order chi connectivity index (χ0) is 15.6. The Balaban J connectivity index is 2.02. The number of hydrogen-bond donors (Lipinski definition) is 0.